The van der Waals surface area contributed by atoms with Crippen LogP contribution in [0.25, 0.3) is 0 Å². The Morgan fingerprint density at radius 2 is 0.419 bits per heavy atom. The van der Waals surface area contributed by atoms with Crippen molar-refractivity contribution in [2.24, 2.45) is 0 Å². The quantitative estimate of drug-likeness (QED) is 0.0677. The van der Waals surface area contributed by atoms with Crippen molar-refractivity contribution in [3.8, 4) is 0 Å². The highest BCUT2D eigenvalue weighted by Gasteiger charge is 2.44. The standard InChI is InChI=1S/C39H81O3P/c1-10-19-28-37(29-20-11-2,30-21-12-3)40-43(41-38(31-22-13-4,32-23-14-5)33-24-15-6)42-39(34-25-16-7,35-26-17-8)36-27-18-9/h10-36H2,1-9H3. The zero-order valence-corrected chi connectivity index (χ0v) is 32.2. The topological polar surface area (TPSA) is 27.7 Å². The maximum absolute atomic E-state index is 7.56. The molecule has 4 heteroatoms. The summed E-state index contributed by atoms with van der Waals surface area (Å²) in [5.41, 5.74) is -0.400. The Balaban J connectivity index is 6.97. The molecule has 0 aromatic carbocycles. The Kier molecular flexibility index (Phi) is 27.6. The van der Waals surface area contributed by atoms with Crippen molar-refractivity contribution >= 4 is 8.60 Å². The van der Waals surface area contributed by atoms with E-state index in [-0.39, 0.29) is 16.8 Å². The van der Waals surface area contributed by atoms with Crippen LogP contribution in [0.4, 0.5) is 0 Å². The van der Waals surface area contributed by atoms with E-state index >= 15 is 0 Å². The van der Waals surface area contributed by atoms with Crippen LogP contribution in [-0.2, 0) is 13.6 Å². The zero-order chi connectivity index (χ0) is 32.3. The Morgan fingerprint density at radius 1 is 0.279 bits per heavy atom. The van der Waals surface area contributed by atoms with Gasteiger partial charge in [-0.25, -0.2) is 0 Å². The van der Waals surface area contributed by atoms with Crippen molar-refractivity contribution in [1.29, 1.82) is 0 Å². The number of hydrogen-bond acceptors (Lipinski definition) is 3. The van der Waals surface area contributed by atoms with Crippen LogP contribution in [-0.4, -0.2) is 16.8 Å². The van der Waals surface area contributed by atoms with Crippen molar-refractivity contribution < 1.29 is 13.6 Å². The molecule has 0 aromatic rings. The van der Waals surface area contributed by atoms with Gasteiger partial charge in [-0.15, -0.1) is 0 Å². The lowest BCUT2D eigenvalue weighted by atomic mass is 9.86. The van der Waals surface area contributed by atoms with Crippen molar-refractivity contribution in [2.45, 2.75) is 252 Å². The van der Waals surface area contributed by atoms with Gasteiger partial charge in [0.1, 0.15) is 0 Å². The summed E-state index contributed by atoms with van der Waals surface area (Å²) in [6, 6.07) is 0. The second-order valence-corrected chi connectivity index (χ2v) is 15.0. The molecule has 0 aliphatic rings. The van der Waals surface area contributed by atoms with Gasteiger partial charge in [0, 0.05) is 0 Å². The summed E-state index contributed by atoms with van der Waals surface area (Å²) in [5, 5.41) is 0. The van der Waals surface area contributed by atoms with E-state index < -0.39 is 8.60 Å². The maximum atomic E-state index is 7.56. The lowest BCUT2D eigenvalue weighted by Crippen LogP contribution is -2.39. The molecular formula is C39H81O3P. The first-order chi connectivity index (χ1) is 20.8. The van der Waals surface area contributed by atoms with Crippen LogP contribution >= 0.6 is 8.60 Å². The smallest absolute Gasteiger partial charge is 0.306 e. The van der Waals surface area contributed by atoms with Crippen molar-refractivity contribution in [3.63, 3.8) is 0 Å². The second kappa shape index (κ2) is 27.4. The highest BCUT2D eigenvalue weighted by molar-refractivity contribution is 7.41. The van der Waals surface area contributed by atoms with Crippen LogP contribution in [0.2, 0.25) is 0 Å². The lowest BCUT2D eigenvalue weighted by molar-refractivity contribution is -0.0693. The first kappa shape index (κ1) is 43.3. The van der Waals surface area contributed by atoms with Gasteiger partial charge in [0.25, 0.3) is 0 Å². The fourth-order valence-corrected chi connectivity index (χ4v) is 8.44. The Morgan fingerprint density at radius 3 is 0.535 bits per heavy atom. The largest absolute Gasteiger partial charge is 0.334 e. The molecule has 0 aliphatic heterocycles. The van der Waals surface area contributed by atoms with Gasteiger partial charge in [-0.3, -0.25) is 0 Å². The Bertz CT molecular complexity index is 449. The first-order valence-corrected chi connectivity index (χ1v) is 20.8. The van der Waals surface area contributed by atoms with Crippen molar-refractivity contribution in [3.05, 3.63) is 0 Å². The van der Waals surface area contributed by atoms with Crippen LogP contribution < -0.4 is 0 Å². The molecule has 0 bridgehead atoms. The molecule has 0 aliphatic carbocycles. The third-order valence-electron chi connectivity index (χ3n) is 9.68. The van der Waals surface area contributed by atoms with Crippen molar-refractivity contribution in [2.75, 3.05) is 0 Å². The summed E-state index contributed by atoms with van der Waals surface area (Å²) in [6.45, 7) is 21.0. The minimum absolute atomic E-state index is 0.133. The lowest BCUT2D eigenvalue weighted by Gasteiger charge is -2.45. The fourth-order valence-electron chi connectivity index (χ4n) is 6.56. The van der Waals surface area contributed by atoms with E-state index in [1.54, 1.807) is 0 Å². The summed E-state index contributed by atoms with van der Waals surface area (Å²) < 4.78 is 22.7. The molecule has 0 spiro atoms. The van der Waals surface area contributed by atoms with E-state index in [9.17, 15) is 0 Å². The summed E-state index contributed by atoms with van der Waals surface area (Å²) in [6.07, 6.45) is 32.1. The molecule has 0 N–H and O–H groups in total. The monoisotopic (exact) mass is 629 g/mol. The van der Waals surface area contributed by atoms with Crippen molar-refractivity contribution in [1.82, 2.24) is 0 Å². The van der Waals surface area contributed by atoms with Crippen LogP contribution in [0.1, 0.15) is 236 Å². The van der Waals surface area contributed by atoms with E-state index in [0.29, 0.717) is 0 Å². The first-order valence-electron chi connectivity index (χ1n) is 19.7. The molecule has 0 heterocycles. The van der Waals surface area contributed by atoms with E-state index in [0.717, 1.165) is 57.8 Å². The number of rotatable bonds is 33. The SMILES string of the molecule is CCCCC(CCCC)(CCCC)OP(OC(CCCC)(CCCC)CCCC)OC(CCCC)(CCCC)CCCC. The van der Waals surface area contributed by atoms with Gasteiger partial charge >= 0.3 is 8.60 Å². The number of hydrogen-bond donors (Lipinski definition) is 0. The summed E-state index contributed by atoms with van der Waals surface area (Å²) >= 11 is 0. The molecule has 0 unspecified atom stereocenters. The average molecular weight is 629 g/mol. The van der Waals surface area contributed by atoms with Gasteiger partial charge in [-0.1, -0.05) is 178 Å². The van der Waals surface area contributed by atoms with Crippen LogP contribution in [0.5, 0.6) is 0 Å². The number of unbranched alkanes of at least 4 members (excludes halogenated alkanes) is 9. The summed E-state index contributed by atoms with van der Waals surface area (Å²) in [4.78, 5) is 0. The van der Waals surface area contributed by atoms with Gasteiger partial charge in [-0.2, -0.15) is 0 Å². The van der Waals surface area contributed by atoms with E-state index in [1.807, 2.05) is 0 Å². The molecule has 0 rings (SSSR count). The van der Waals surface area contributed by atoms with E-state index in [1.165, 1.54) is 116 Å². The minimum Gasteiger partial charge on any atom is -0.306 e. The van der Waals surface area contributed by atoms with Gasteiger partial charge in [0.2, 0.25) is 0 Å². The van der Waals surface area contributed by atoms with Crippen LogP contribution in [0.3, 0.4) is 0 Å². The molecule has 260 valence electrons. The Hall–Kier alpha value is 0.310. The van der Waals surface area contributed by atoms with Gasteiger partial charge in [0.15, 0.2) is 0 Å². The molecule has 0 saturated carbocycles. The minimum atomic E-state index is -1.47. The molecule has 0 fully saturated rings. The summed E-state index contributed by atoms with van der Waals surface area (Å²) in [5.74, 6) is 0. The summed E-state index contributed by atoms with van der Waals surface area (Å²) in [7, 11) is -1.47. The highest BCUT2D eigenvalue weighted by Crippen LogP contribution is 2.57. The van der Waals surface area contributed by atoms with E-state index in [4.69, 9.17) is 13.6 Å². The van der Waals surface area contributed by atoms with Gasteiger partial charge < -0.3 is 13.6 Å². The third-order valence-corrected chi connectivity index (χ3v) is 11.3. The molecule has 3 nitrogen and oxygen atoms in total. The molecule has 0 aromatic heterocycles. The zero-order valence-electron chi connectivity index (χ0n) is 31.3. The molecule has 0 saturated heterocycles. The third kappa shape index (κ3) is 18.9. The predicted molar refractivity (Wildman–Crippen MR) is 194 cm³/mol. The normalized spacial score (nSPS) is 13.0. The second-order valence-electron chi connectivity index (χ2n) is 14.0. The van der Waals surface area contributed by atoms with Gasteiger partial charge in [-0.05, 0) is 57.8 Å². The molecule has 0 amide bonds. The molecular weight excluding hydrogens is 547 g/mol. The molecule has 0 atom stereocenters. The molecule has 43 heavy (non-hydrogen) atoms. The highest BCUT2D eigenvalue weighted by atomic mass is 31.2. The predicted octanol–water partition coefficient (Wildman–Crippen LogP) is 15.2. The molecule has 0 radical (unpaired) electrons. The van der Waals surface area contributed by atoms with E-state index in [2.05, 4.69) is 62.3 Å². The van der Waals surface area contributed by atoms with Crippen LogP contribution in [0, 0.1) is 0 Å². The van der Waals surface area contributed by atoms with Crippen LogP contribution in [0.15, 0.2) is 0 Å². The Labute approximate surface area is 274 Å². The fraction of sp³-hybridized carbons (Fsp3) is 1.00. The average Bonchev–Trinajstić information content (AvgIpc) is 3.02. The van der Waals surface area contributed by atoms with Gasteiger partial charge in [0.05, 0.1) is 16.8 Å². The maximum Gasteiger partial charge on any atom is 0.334 e.